The van der Waals surface area contributed by atoms with Crippen molar-refractivity contribution in [3.63, 3.8) is 0 Å². The smallest absolute Gasteiger partial charge is 0.338 e. The van der Waals surface area contributed by atoms with Crippen molar-refractivity contribution >= 4 is 44.9 Å². The fourth-order valence-electron chi connectivity index (χ4n) is 4.63. The minimum atomic E-state index is -0.395. The van der Waals surface area contributed by atoms with Gasteiger partial charge in [-0.3, -0.25) is 9.69 Å². The van der Waals surface area contributed by atoms with Crippen molar-refractivity contribution in [1.82, 2.24) is 9.97 Å². The number of thiazole rings is 1. The summed E-state index contributed by atoms with van der Waals surface area (Å²) in [5.41, 5.74) is 5.37. The molecule has 7 nitrogen and oxygen atoms in total. The van der Waals surface area contributed by atoms with E-state index in [0.717, 1.165) is 23.7 Å². The van der Waals surface area contributed by atoms with Crippen molar-refractivity contribution in [3.8, 4) is 5.75 Å². The number of benzene rings is 2. The SMILES string of the molecule is COc1ccccc1N(C(C)=O)c1nc(COC(=O)c2ccc3[nH]c4c(c3c2)CC(C)CC4)cs1. The van der Waals surface area contributed by atoms with Crippen molar-refractivity contribution in [3.05, 3.63) is 70.4 Å². The van der Waals surface area contributed by atoms with Crippen LogP contribution in [-0.2, 0) is 29.0 Å². The van der Waals surface area contributed by atoms with E-state index in [1.807, 2.05) is 24.3 Å². The lowest BCUT2D eigenvalue weighted by molar-refractivity contribution is -0.115. The number of hydrogen-bond donors (Lipinski definition) is 1. The molecule has 0 saturated carbocycles. The number of carbonyl (C=O) groups is 2. The number of esters is 1. The molecule has 1 amide bonds. The van der Waals surface area contributed by atoms with E-state index in [0.29, 0.717) is 33.7 Å². The second-order valence-corrected chi connectivity index (χ2v) is 9.75. The monoisotopic (exact) mass is 489 g/mol. The minimum absolute atomic E-state index is 0.0211. The maximum Gasteiger partial charge on any atom is 0.338 e. The zero-order valence-corrected chi connectivity index (χ0v) is 20.8. The van der Waals surface area contributed by atoms with Gasteiger partial charge in [-0.25, -0.2) is 9.78 Å². The first-order chi connectivity index (χ1) is 16.9. The average Bonchev–Trinajstić information content (AvgIpc) is 3.46. The topological polar surface area (TPSA) is 84.5 Å². The average molecular weight is 490 g/mol. The Kier molecular flexibility index (Phi) is 6.30. The summed E-state index contributed by atoms with van der Waals surface area (Å²) in [6.07, 6.45) is 3.25. The van der Waals surface area contributed by atoms with Crippen LogP contribution in [0, 0.1) is 5.92 Å². The molecule has 1 aliphatic rings. The molecular weight excluding hydrogens is 462 g/mol. The highest BCUT2D eigenvalue weighted by Gasteiger charge is 2.23. The molecule has 1 unspecified atom stereocenters. The van der Waals surface area contributed by atoms with Gasteiger partial charge >= 0.3 is 5.97 Å². The van der Waals surface area contributed by atoms with Gasteiger partial charge in [-0.15, -0.1) is 11.3 Å². The molecule has 8 heteroatoms. The van der Waals surface area contributed by atoms with Gasteiger partial charge in [0.1, 0.15) is 12.4 Å². The van der Waals surface area contributed by atoms with Crippen LogP contribution in [0.3, 0.4) is 0 Å². The molecule has 0 aliphatic heterocycles. The van der Waals surface area contributed by atoms with Crippen molar-refractivity contribution in [2.24, 2.45) is 5.92 Å². The summed E-state index contributed by atoms with van der Waals surface area (Å²) in [5.74, 6) is 0.627. The van der Waals surface area contributed by atoms with Crippen LogP contribution in [0.1, 0.15) is 47.6 Å². The number of methoxy groups -OCH3 is 1. The summed E-state index contributed by atoms with van der Waals surface area (Å²) in [5, 5.41) is 3.38. The van der Waals surface area contributed by atoms with Crippen LogP contribution in [-0.4, -0.2) is 29.0 Å². The molecule has 1 aliphatic carbocycles. The highest BCUT2D eigenvalue weighted by Crippen LogP contribution is 2.36. The molecule has 1 N–H and O–H groups in total. The molecule has 0 radical (unpaired) electrons. The first-order valence-electron chi connectivity index (χ1n) is 11.6. The van der Waals surface area contributed by atoms with Crippen molar-refractivity contribution in [2.45, 2.75) is 39.7 Å². The Labute approximate surface area is 207 Å². The summed E-state index contributed by atoms with van der Waals surface area (Å²) in [4.78, 5) is 34.8. The first kappa shape index (κ1) is 23.1. The van der Waals surface area contributed by atoms with Crippen LogP contribution in [0.4, 0.5) is 10.8 Å². The van der Waals surface area contributed by atoms with Crippen molar-refractivity contribution in [2.75, 3.05) is 12.0 Å². The predicted octanol–water partition coefficient (Wildman–Crippen LogP) is 5.80. The van der Waals surface area contributed by atoms with Crippen LogP contribution in [0.15, 0.2) is 47.8 Å². The van der Waals surface area contributed by atoms with Crippen LogP contribution in [0.5, 0.6) is 5.75 Å². The number of fused-ring (bicyclic) bond motifs is 3. The number of carbonyl (C=O) groups excluding carboxylic acids is 2. The number of aromatic nitrogens is 2. The van der Waals surface area contributed by atoms with Crippen LogP contribution in [0.25, 0.3) is 10.9 Å². The Morgan fingerprint density at radius 1 is 1.23 bits per heavy atom. The van der Waals surface area contributed by atoms with Gasteiger partial charge in [0, 0.05) is 28.9 Å². The van der Waals surface area contributed by atoms with Gasteiger partial charge in [-0.2, -0.15) is 0 Å². The van der Waals surface area contributed by atoms with E-state index in [9.17, 15) is 9.59 Å². The third-order valence-corrected chi connectivity index (χ3v) is 7.27. The fraction of sp³-hybridized carbons (Fsp3) is 0.296. The molecule has 1 atom stereocenters. The zero-order valence-electron chi connectivity index (χ0n) is 20.0. The molecule has 5 rings (SSSR count). The Morgan fingerprint density at radius 3 is 2.86 bits per heavy atom. The molecule has 2 heterocycles. The number of H-pyrrole nitrogens is 1. The van der Waals surface area contributed by atoms with Gasteiger partial charge in [-0.1, -0.05) is 19.1 Å². The molecule has 180 valence electrons. The number of nitrogens with zero attached hydrogens (tertiary/aromatic N) is 2. The van der Waals surface area contributed by atoms with E-state index in [-0.39, 0.29) is 12.5 Å². The number of aromatic amines is 1. The molecule has 4 aromatic rings. The van der Waals surface area contributed by atoms with Gasteiger partial charge < -0.3 is 14.5 Å². The quantitative estimate of drug-likeness (QED) is 0.346. The number of ether oxygens (including phenoxy) is 2. The number of nitrogens with one attached hydrogen (secondary N) is 1. The number of aryl methyl sites for hydroxylation is 1. The van der Waals surface area contributed by atoms with Gasteiger partial charge in [0.15, 0.2) is 5.13 Å². The Morgan fingerprint density at radius 2 is 2.06 bits per heavy atom. The maximum atomic E-state index is 12.8. The van der Waals surface area contributed by atoms with Crippen molar-refractivity contribution in [1.29, 1.82) is 0 Å². The van der Waals surface area contributed by atoms with Gasteiger partial charge in [0.25, 0.3) is 0 Å². The van der Waals surface area contributed by atoms with Crippen LogP contribution >= 0.6 is 11.3 Å². The number of para-hydroxylation sites is 2. The van der Waals surface area contributed by atoms with Gasteiger partial charge in [-0.05, 0) is 61.1 Å². The maximum absolute atomic E-state index is 12.8. The molecule has 0 fully saturated rings. The molecule has 0 spiro atoms. The molecule has 35 heavy (non-hydrogen) atoms. The standard InChI is InChI=1S/C27H27N3O4S/c1-16-8-10-22-20(12-16)21-13-18(9-11-23(21)29-22)26(32)34-14-19-15-35-27(28-19)30(17(2)31)24-6-4-5-7-25(24)33-3/h4-7,9,11,13,15-16,29H,8,10,12,14H2,1-3H3. The molecule has 0 bridgehead atoms. The molecular formula is C27H27N3O4S. The lowest BCUT2D eigenvalue weighted by Crippen LogP contribution is -2.23. The highest BCUT2D eigenvalue weighted by molar-refractivity contribution is 7.14. The molecule has 2 aromatic heterocycles. The van der Waals surface area contributed by atoms with E-state index < -0.39 is 5.97 Å². The molecule has 0 saturated heterocycles. The Bertz CT molecular complexity index is 1410. The van der Waals surface area contributed by atoms with Crippen LogP contribution in [0.2, 0.25) is 0 Å². The van der Waals surface area contributed by atoms with Gasteiger partial charge in [0.05, 0.1) is 24.1 Å². The third-order valence-electron chi connectivity index (χ3n) is 6.39. The highest BCUT2D eigenvalue weighted by atomic mass is 32.1. The van der Waals surface area contributed by atoms with E-state index in [1.54, 1.807) is 30.7 Å². The minimum Gasteiger partial charge on any atom is -0.495 e. The Balaban J connectivity index is 1.32. The summed E-state index contributed by atoms with van der Waals surface area (Å²) >= 11 is 1.31. The Hall–Kier alpha value is -3.65. The lowest BCUT2D eigenvalue weighted by atomic mass is 9.87. The second kappa shape index (κ2) is 9.54. The fourth-order valence-corrected chi connectivity index (χ4v) is 5.49. The van der Waals surface area contributed by atoms with E-state index in [4.69, 9.17) is 9.47 Å². The summed E-state index contributed by atoms with van der Waals surface area (Å²) in [7, 11) is 1.56. The number of rotatable bonds is 6. The lowest BCUT2D eigenvalue weighted by Gasteiger charge is -2.20. The number of amides is 1. The normalized spacial score (nSPS) is 15.0. The largest absolute Gasteiger partial charge is 0.495 e. The number of hydrogen-bond acceptors (Lipinski definition) is 6. The van der Waals surface area contributed by atoms with Crippen LogP contribution < -0.4 is 9.64 Å². The molecule has 2 aromatic carbocycles. The summed E-state index contributed by atoms with van der Waals surface area (Å²) in [6.45, 7) is 3.76. The third kappa shape index (κ3) is 4.53. The number of anilines is 2. The van der Waals surface area contributed by atoms with Gasteiger partial charge in [0.2, 0.25) is 5.91 Å². The first-order valence-corrected chi connectivity index (χ1v) is 12.5. The zero-order chi connectivity index (χ0) is 24.5. The van der Waals surface area contributed by atoms with E-state index >= 15 is 0 Å². The summed E-state index contributed by atoms with van der Waals surface area (Å²) in [6, 6.07) is 12.9. The van der Waals surface area contributed by atoms with E-state index in [2.05, 4.69) is 16.9 Å². The summed E-state index contributed by atoms with van der Waals surface area (Å²) < 4.78 is 11.0. The van der Waals surface area contributed by atoms with Crippen molar-refractivity contribution < 1.29 is 19.1 Å². The second-order valence-electron chi connectivity index (χ2n) is 8.91. The van der Waals surface area contributed by atoms with E-state index in [1.165, 1.54) is 40.8 Å². The predicted molar refractivity (Wildman–Crippen MR) is 137 cm³/mol.